The molecule has 0 heterocycles. The predicted octanol–water partition coefficient (Wildman–Crippen LogP) is 1.60. The number of nitrogens with one attached hydrogen (secondary N) is 1. The minimum absolute atomic E-state index is 0.173. The van der Waals surface area contributed by atoms with Crippen LogP contribution in [0, 0.1) is 6.92 Å². The summed E-state index contributed by atoms with van der Waals surface area (Å²) in [6, 6.07) is 6.98. The standard InChI is InChI=1S/C14H18N2O4S/c1-9-3-5-11(6-4-9)21-8-7-12(17)20-10(2)13(18)16-14(15)19/h3-6,10H,7-8H2,1-2H3,(H3,15,16,18,19). The third-order valence-electron chi connectivity index (χ3n) is 2.52. The molecule has 114 valence electrons. The fraction of sp³-hybridized carbons (Fsp3) is 0.357. The monoisotopic (exact) mass is 310 g/mol. The van der Waals surface area contributed by atoms with Crippen LogP contribution in [-0.2, 0) is 14.3 Å². The van der Waals surface area contributed by atoms with Crippen molar-refractivity contribution in [3.05, 3.63) is 29.8 Å². The minimum Gasteiger partial charge on any atom is -0.453 e. The molecule has 0 saturated carbocycles. The molecule has 0 aromatic heterocycles. The van der Waals surface area contributed by atoms with Gasteiger partial charge in [-0.1, -0.05) is 17.7 Å². The second kappa shape index (κ2) is 8.31. The van der Waals surface area contributed by atoms with Crippen LogP contribution in [0.5, 0.6) is 0 Å². The summed E-state index contributed by atoms with van der Waals surface area (Å²) < 4.78 is 4.90. The Morgan fingerprint density at radius 1 is 1.29 bits per heavy atom. The van der Waals surface area contributed by atoms with Crippen molar-refractivity contribution in [3.8, 4) is 0 Å². The molecule has 6 nitrogen and oxygen atoms in total. The van der Waals surface area contributed by atoms with Crippen LogP contribution in [0.25, 0.3) is 0 Å². The van der Waals surface area contributed by atoms with Crippen LogP contribution in [0.3, 0.4) is 0 Å². The summed E-state index contributed by atoms with van der Waals surface area (Å²) in [6.45, 7) is 3.38. The lowest BCUT2D eigenvalue weighted by molar-refractivity contribution is -0.154. The van der Waals surface area contributed by atoms with Crippen molar-refractivity contribution in [1.82, 2.24) is 5.32 Å². The van der Waals surface area contributed by atoms with Crippen molar-refractivity contribution in [2.75, 3.05) is 5.75 Å². The van der Waals surface area contributed by atoms with E-state index >= 15 is 0 Å². The highest BCUT2D eigenvalue weighted by Crippen LogP contribution is 2.19. The number of primary amides is 1. The Morgan fingerprint density at radius 3 is 2.48 bits per heavy atom. The van der Waals surface area contributed by atoms with Crippen LogP contribution < -0.4 is 11.1 Å². The van der Waals surface area contributed by atoms with Crippen LogP contribution >= 0.6 is 11.8 Å². The normalized spacial score (nSPS) is 11.5. The molecule has 21 heavy (non-hydrogen) atoms. The minimum atomic E-state index is -1.05. The van der Waals surface area contributed by atoms with Crippen LogP contribution in [0.15, 0.2) is 29.2 Å². The van der Waals surface area contributed by atoms with Gasteiger partial charge in [0.05, 0.1) is 6.42 Å². The van der Waals surface area contributed by atoms with Crippen LogP contribution in [-0.4, -0.2) is 29.8 Å². The number of esters is 1. The van der Waals surface area contributed by atoms with E-state index in [2.05, 4.69) is 0 Å². The molecule has 0 saturated heterocycles. The molecule has 3 amide bonds. The number of hydrogen-bond acceptors (Lipinski definition) is 5. The molecule has 1 aromatic rings. The quantitative estimate of drug-likeness (QED) is 0.614. The lowest BCUT2D eigenvalue weighted by Gasteiger charge is -2.11. The van der Waals surface area contributed by atoms with E-state index in [4.69, 9.17) is 10.5 Å². The van der Waals surface area contributed by atoms with Gasteiger partial charge in [-0.05, 0) is 26.0 Å². The summed E-state index contributed by atoms with van der Waals surface area (Å²) in [5.74, 6) is -0.685. The molecule has 1 unspecified atom stereocenters. The van der Waals surface area contributed by atoms with Gasteiger partial charge in [-0.25, -0.2) is 4.79 Å². The topological polar surface area (TPSA) is 98.5 Å². The fourth-order valence-corrected chi connectivity index (χ4v) is 2.25. The number of imide groups is 1. The molecule has 1 rings (SSSR count). The first-order chi connectivity index (χ1) is 9.88. The van der Waals surface area contributed by atoms with Gasteiger partial charge in [-0.3, -0.25) is 14.9 Å². The largest absolute Gasteiger partial charge is 0.453 e. The number of aryl methyl sites for hydroxylation is 1. The maximum Gasteiger partial charge on any atom is 0.318 e. The van der Waals surface area contributed by atoms with Crippen LogP contribution in [0.1, 0.15) is 18.9 Å². The number of nitrogens with two attached hydrogens (primary N) is 1. The molecule has 0 fully saturated rings. The highest BCUT2D eigenvalue weighted by molar-refractivity contribution is 7.99. The molecular formula is C14H18N2O4S. The third-order valence-corrected chi connectivity index (χ3v) is 3.53. The fourth-order valence-electron chi connectivity index (χ4n) is 1.42. The molecular weight excluding hydrogens is 292 g/mol. The van der Waals surface area contributed by atoms with Gasteiger partial charge < -0.3 is 10.5 Å². The van der Waals surface area contributed by atoms with Crippen molar-refractivity contribution in [2.24, 2.45) is 5.73 Å². The van der Waals surface area contributed by atoms with Gasteiger partial charge in [0, 0.05) is 10.6 Å². The van der Waals surface area contributed by atoms with Gasteiger partial charge in [0.15, 0.2) is 6.10 Å². The van der Waals surface area contributed by atoms with E-state index < -0.39 is 24.0 Å². The second-order valence-corrected chi connectivity index (χ2v) is 5.57. The SMILES string of the molecule is Cc1ccc(SCCC(=O)OC(C)C(=O)NC(N)=O)cc1. The number of ether oxygens (including phenoxy) is 1. The van der Waals surface area contributed by atoms with E-state index in [1.807, 2.05) is 36.5 Å². The number of benzene rings is 1. The maximum atomic E-state index is 11.6. The van der Waals surface area contributed by atoms with Crippen molar-refractivity contribution >= 4 is 29.7 Å². The molecule has 1 atom stereocenters. The average molecular weight is 310 g/mol. The average Bonchev–Trinajstić information content (AvgIpc) is 2.40. The van der Waals surface area contributed by atoms with E-state index in [1.165, 1.54) is 24.2 Å². The second-order valence-electron chi connectivity index (χ2n) is 4.40. The Balaban J connectivity index is 2.29. The summed E-state index contributed by atoms with van der Waals surface area (Å²) >= 11 is 1.53. The lowest BCUT2D eigenvalue weighted by Crippen LogP contribution is -2.42. The molecule has 0 aliphatic carbocycles. The molecule has 0 radical (unpaired) electrons. The summed E-state index contributed by atoms with van der Waals surface area (Å²) in [6.07, 6.45) is -0.874. The molecule has 0 bridgehead atoms. The molecule has 7 heteroatoms. The first-order valence-corrected chi connectivity index (χ1v) is 7.36. The lowest BCUT2D eigenvalue weighted by atomic mass is 10.2. The predicted molar refractivity (Wildman–Crippen MR) is 79.8 cm³/mol. The van der Waals surface area contributed by atoms with E-state index in [0.717, 1.165) is 4.90 Å². The number of amides is 3. The van der Waals surface area contributed by atoms with Crippen molar-refractivity contribution < 1.29 is 19.1 Å². The summed E-state index contributed by atoms with van der Waals surface area (Å²) in [7, 11) is 0. The number of carbonyl (C=O) groups excluding carboxylic acids is 3. The van der Waals surface area contributed by atoms with Gasteiger partial charge in [-0.2, -0.15) is 0 Å². The molecule has 0 aliphatic rings. The van der Waals surface area contributed by atoms with Gasteiger partial charge >= 0.3 is 12.0 Å². The summed E-state index contributed by atoms with van der Waals surface area (Å²) in [5.41, 5.74) is 5.98. The summed E-state index contributed by atoms with van der Waals surface area (Å²) in [4.78, 5) is 34.4. The molecule has 0 aliphatic heterocycles. The number of thioether (sulfide) groups is 1. The van der Waals surface area contributed by atoms with E-state index in [1.54, 1.807) is 0 Å². The van der Waals surface area contributed by atoms with Crippen LogP contribution in [0.4, 0.5) is 4.79 Å². The van der Waals surface area contributed by atoms with Gasteiger partial charge in [0.2, 0.25) is 0 Å². The van der Waals surface area contributed by atoms with Gasteiger partial charge in [0.1, 0.15) is 0 Å². The first-order valence-electron chi connectivity index (χ1n) is 6.37. The Kier molecular flexibility index (Phi) is 6.74. The van der Waals surface area contributed by atoms with E-state index in [-0.39, 0.29) is 6.42 Å². The Bertz CT molecular complexity index is 516. The molecule has 0 spiro atoms. The summed E-state index contributed by atoms with van der Waals surface area (Å²) in [5, 5.41) is 1.85. The zero-order chi connectivity index (χ0) is 15.8. The van der Waals surface area contributed by atoms with Crippen molar-refractivity contribution in [1.29, 1.82) is 0 Å². The maximum absolute atomic E-state index is 11.6. The highest BCUT2D eigenvalue weighted by Gasteiger charge is 2.18. The van der Waals surface area contributed by atoms with Gasteiger partial charge in [-0.15, -0.1) is 11.8 Å². The Labute approximate surface area is 127 Å². The molecule has 1 aromatic carbocycles. The molecule has 3 N–H and O–H groups in total. The smallest absolute Gasteiger partial charge is 0.318 e. The number of carbonyl (C=O) groups is 3. The zero-order valence-corrected chi connectivity index (χ0v) is 12.7. The number of hydrogen-bond donors (Lipinski definition) is 2. The van der Waals surface area contributed by atoms with Gasteiger partial charge in [0.25, 0.3) is 5.91 Å². The Hall–Kier alpha value is -2.02. The zero-order valence-electron chi connectivity index (χ0n) is 11.9. The number of rotatable bonds is 6. The van der Waals surface area contributed by atoms with Crippen molar-refractivity contribution in [2.45, 2.75) is 31.3 Å². The third kappa shape index (κ3) is 6.80. The van der Waals surface area contributed by atoms with Crippen molar-refractivity contribution in [3.63, 3.8) is 0 Å². The van der Waals surface area contributed by atoms with Crippen LogP contribution in [0.2, 0.25) is 0 Å². The Morgan fingerprint density at radius 2 is 1.90 bits per heavy atom. The number of urea groups is 1. The highest BCUT2D eigenvalue weighted by atomic mass is 32.2. The van der Waals surface area contributed by atoms with E-state index in [9.17, 15) is 14.4 Å². The van der Waals surface area contributed by atoms with E-state index in [0.29, 0.717) is 5.75 Å². The first kappa shape index (κ1) is 17.0.